The van der Waals surface area contributed by atoms with Crippen LogP contribution in [0.4, 0.5) is 0 Å². The van der Waals surface area contributed by atoms with Crippen molar-refractivity contribution in [3.8, 4) is 0 Å². The van der Waals surface area contributed by atoms with Gasteiger partial charge in [-0.2, -0.15) is 0 Å². The van der Waals surface area contributed by atoms with Crippen molar-refractivity contribution in [1.29, 1.82) is 0 Å². The normalized spacial score (nSPS) is 19.0. The Bertz CT molecular complexity index is 588. The molecule has 0 aliphatic carbocycles. The minimum Gasteiger partial charge on any atom is -0.329 e. The van der Waals surface area contributed by atoms with E-state index in [1.54, 1.807) is 0 Å². The molecule has 0 bridgehead atoms. The number of fused-ring (bicyclic) bond motifs is 1. The van der Waals surface area contributed by atoms with Crippen LogP contribution in [0.2, 0.25) is 0 Å². The zero-order valence-corrected chi connectivity index (χ0v) is 12.8. The zero-order chi connectivity index (χ0) is 14.7. The summed E-state index contributed by atoms with van der Waals surface area (Å²) in [5.74, 6) is 0. The summed E-state index contributed by atoms with van der Waals surface area (Å²) in [6, 6.07) is 15.6. The average Bonchev–Trinajstić information content (AvgIpc) is 2.56. The smallest absolute Gasteiger partial charge is 0.0471 e. The Kier molecular flexibility index (Phi) is 4.54. The van der Waals surface area contributed by atoms with Gasteiger partial charge in [-0.25, -0.2) is 0 Å². The molecule has 1 aliphatic heterocycles. The van der Waals surface area contributed by atoms with Gasteiger partial charge in [0.2, 0.25) is 0 Å². The number of rotatable bonds is 4. The number of hydrogen-bond acceptors (Lipinski definition) is 3. The van der Waals surface area contributed by atoms with E-state index < -0.39 is 0 Å². The third-order valence-electron chi connectivity index (χ3n) is 4.68. The van der Waals surface area contributed by atoms with Gasteiger partial charge in [-0.1, -0.05) is 43.3 Å². The van der Waals surface area contributed by atoms with E-state index in [0.29, 0.717) is 12.6 Å². The van der Waals surface area contributed by atoms with Gasteiger partial charge >= 0.3 is 0 Å². The Labute approximate surface area is 127 Å². The van der Waals surface area contributed by atoms with Crippen LogP contribution in [-0.4, -0.2) is 49.1 Å². The molecule has 21 heavy (non-hydrogen) atoms. The van der Waals surface area contributed by atoms with Crippen LogP contribution in [0.3, 0.4) is 0 Å². The molecule has 1 heterocycles. The third kappa shape index (κ3) is 3.10. The Morgan fingerprint density at radius 3 is 2.38 bits per heavy atom. The van der Waals surface area contributed by atoms with E-state index in [0.717, 1.165) is 32.7 Å². The maximum Gasteiger partial charge on any atom is 0.0471 e. The summed E-state index contributed by atoms with van der Waals surface area (Å²) in [7, 11) is 0. The van der Waals surface area contributed by atoms with Gasteiger partial charge in [0, 0.05) is 38.8 Å². The molecule has 3 nitrogen and oxygen atoms in total. The Balaban J connectivity index is 1.81. The molecule has 1 unspecified atom stereocenters. The Morgan fingerprint density at radius 2 is 1.71 bits per heavy atom. The van der Waals surface area contributed by atoms with Gasteiger partial charge in [0.1, 0.15) is 0 Å². The number of benzene rings is 2. The summed E-state index contributed by atoms with van der Waals surface area (Å²) in [6.45, 7) is 8.60. The number of likely N-dealkylation sites (N-methyl/N-ethyl adjacent to an activating group) is 1. The maximum atomic E-state index is 6.09. The van der Waals surface area contributed by atoms with E-state index in [1.807, 2.05) is 0 Å². The number of hydrogen-bond donors (Lipinski definition) is 1. The largest absolute Gasteiger partial charge is 0.329 e. The molecule has 3 heteroatoms. The van der Waals surface area contributed by atoms with Crippen LogP contribution < -0.4 is 5.73 Å². The van der Waals surface area contributed by atoms with Crippen molar-refractivity contribution in [2.24, 2.45) is 5.73 Å². The van der Waals surface area contributed by atoms with Crippen molar-refractivity contribution in [3.05, 3.63) is 48.0 Å². The topological polar surface area (TPSA) is 32.5 Å². The molecule has 1 aliphatic rings. The fourth-order valence-corrected chi connectivity index (χ4v) is 3.30. The van der Waals surface area contributed by atoms with Crippen LogP contribution in [-0.2, 0) is 0 Å². The second kappa shape index (κ2) is 6.56. The summed E-state index contributed by atoms with van der Waals surface area (Å²) in [4.78, 5) is 5.04. The molecule has 1 saturated heterocycles. The van der Waals surface area contributed by atoms with Crippen molar-refractivity contribution in [3.63, 3.8) is 0 Å². The first-order valence-electron chi connectivity index (χ1n) is 7.97. The highest BCUT2D eigenvalue weighted by molar-refractivity contribution is 5.83. The predicted octanol–water partition coefficient (Wildman–Crippen LogP) is 2.48. The summed E-state index contributed by atoms with van der Waals surface area (Å²) in [6.07, 6.45) is 0. The van der Waals surface area contributed by atoms with Crippen LogP contribution >= 0.6 is 0 Å². The predicted molar refractivity (Wildman–Crippen MR) is 89.4 cm³/mol. The lowest BCUT2D eigenvalue weighted by Gasteiger charge is -2.38. The first-order valence-corrected chi connectivity index (χ1v) is 7.97. The number of piperazine rings is 1. The first-order chi connectivity index (χ1) is 10.3. The molecule has 0 saturated carbocycles. The van der Waals surface area contributed by atoms with Crippen LogP contribution in [0.25, 0.3) is 10.8 Å². The standard InChI is InChI=1S/C18H25N3/c1-2-20-9-11-21(12-10-20)18(14-19)17-8-7-15-5-3-4-6-16(15)13-17/h3-8,13,18H,2,9-12,14,19H2,1H3. The van der Waals surface area contributed by atoms with Gasteiger partial charge in [0.15, 0.2) is 0 Å². The maximum absolute atomic E-state index is 6.09. The van der Waals surface area contributed by atoms with Crippen LogP contribution in [0.5, 0.6) is 0 Å². The Morgan fingerprint density at radius 1 is 1.00 bits per heavy atom. The quantitative estimate of drug-likeness (QED) is 0.935. The van der Waals surface area contributed by atoms with Crippen LogP contribution in [0.1, 0.15) is 18.5 Å². The SMILES string of the molecule is CCN1CCN(C(CN)c2ccc3ccccc3c2)CC1. The average molecular weight is 283 g/mol. The van der Waals surface area contributed by atoms with E-state index >= 15 is 0 Å². The summed E-state index contributed by atoms with van der Waals surface area (Å²) < 4.78 is 0. The minimum atomic E-state index is 0.341. The second-order valence-electron chi connectivity index (χ2n) is 5.83. The molecule has 1 fully saturated rings. The van der Waals surface area contributed by atoms with Crippen molar-refractivity contribution in [2.75, 3.05) is 39.3 Å². The lowest BCUT2D eigenvalue weighted by Crippen LogP contribution is -2.48. The van der Waals surface area contributed by atoms with E-state index in [1.165, 1.54) is 16.3 Å². The summed E-state index contributed by atoms with van der Waals surface area (Å²) >= 11 is 0. The van der Waals surface area contributed by atoms with Gasteiger partial charge < -0.3 is 10.6 Å². The number of nitrogens with two attached hydrogens (primary N) is 1. The second-order valence-corrected chi connectivity index (χ2v) is 5.83. The van der Waals surface area contributed by atoms with E-state index in [4.69, 9.17) is 5.73 Å². The van der Waals surface area contributed by atoms with E-state index in [2.05, 4.69) is 59.2 Å². The molecule has 3 rings (SSSR count). The van der Waals surface area contributed by atoms with Crippen molar-refractivity contribution in [2.45, 2.75) is 13.0 Å². The third-order valence-corrected chi connectivity index (χ3v) is 4.68. The van der Waals surface area contributed by atoms with Gasteiger partial charge in [-0.15, -0.1) is 0 Å². The number of nitrogens with zero attached hydrogens (tertiary/aromatic N) is 2. The highest BCUT2D eigenvalue weighted by Crippen LogP contribution is 2.25. The molecule has 0 radical (unpaired) electrons. The summed E-state index contributed by atoms with van der Waals surface area (Å²) in [5, 5.41) is 2.61. The van der Waals surface area contributed by atoms with E-state index in [-0.39, 0.29) is 0 Å². The van der Waals surface area contributed by atoms with Gasteiger partial charge in [-0.3, -0.25) is 4.90 Å². The molecule has 1 atom stereocenters. The lowest BCUT2D eigenvalue weighted by molar-refractivity contribution is 0.102. The van der Waals surface area contributed by atoms with Gasteiger partial charge in [0.05, 0.1) is 0 Å². The van der Waals surface area contributed by atoms with Crippen molar-refractivity contribution >= 4 is 10.8 Å². The minimum absolute atomic E-state index is 0.341. The highest BCUT2D eigenvalue weighted by atomic mass is 15.3. The first kappa shape index (κ1) is 14.5. The highest BCUT2D eigenvalue weighted by Gasteiger charge is 2.23. The molecule has 2 aromatic rings. The molecule has 0 amide bonds. The molecular weight excluding hydrogens is 258 g/mol. The van der Waals surface area contributed by atoms with Gasteiger partial charge in [0.25, 0.3) is 0 Å². The Hall–Kier alpha value is -1.42. The molecule has 0 spiro atoms. The van der Waals surface area contributed by atoms with Gasteiger partial charge in [-0.05, 0) is 28.9 Å². The van der Waals surface area contributed by atoms with Crippen LogP contribution in [0.15, 0.2) is 42.5 Å². The zero-order valence-electron chi connectivity index (χ0n) is 12.8. The lowest BCUT2D eigenvalue weighted by atomic mass is 10.00. The summed E-state index contributed by atoms with van der Waals surface area (Å²) in [5.41, 5.74) is 7.44. The van der Waals surface area contributed by atoms with Crippen molar-refractivity contribution in [1.82, 2.24) is 9.80 Å². The fraction of sp³-hybridized carbons (Fsp3) is 0.444. The molecule has 112 valence electrons. The monoisotopic (exact) mass is 283 g/mol. The molecule has 2 aromatic carbocycles. The van der Waals surface area contributed by atoms with Crippen LogP contribution in [0, 0.1) is 0 Å². The van der Waals surface area contributed by atoms with Crippen molar-refractivity contribution < 1.29 is 0 Å². The molecular formula is C18H25N3. The molecule has 0 aromatic heterocycles. The fourth-order valence-electron chi connectivity index (χ4n) is 3.30. The van der Waals surface area contributed by atoms with E-state index in [9.17, 15) is 0 Å². The molecule has 2 N–H and O–H groups in total.